The van der Waals surface area contributed by atoms with E-state index in [4.69, 9.17) is 9.97 Å². The van der Waals surface area contributed by atoms with Gasteiger partial charge in [0.05, 0.1) is 0 Å². The third-order valence-corrected chi connectivity index (χ3v) is 10.6. The van der Waals surface area contributed by atoms with E-state index in [1.54, 1.807) is 0 Å². The van der Waals surface area contributed by atoms with Crippen LogP contribution in [0, 0.1) is 24.3 Å². The third kappa shape index (κ3) is 8.48. The predicted molar refractivity (Wildman–Crippen MR) is 214 cm³/mol. The predicted octanol–water partition coefficient (Wildman–Crippen LogP) is 11.4. The fourth-order valence-electron chi connectivity index (χ4n) is 8.02. The molecule has 8 aromatic rings. The van der Waals surface area contributed by atoms with Crippen molar-refractivity contribution in [3.8, 4) is 45.0 Å². The van der Waals surface area contributed by atoms with Gasteiger partial charge in [0, 0.05) is 35.6 Å². The van der Waals surface area contributed by atoms with E-state index in [1.165, 1.54) is 0 Å². The summed E-state index contributed by atoms with van der Waals surface area (Å²) in [4.78, 5) is 20.1. The summed E-state index contributed by atoms with van der Waals surface area (Å²) in [5, 5.41) is 0. The van der Waals surface area contributed by atoms with Gasteiger partial charge in [-0.05, 0) is 71.7 Å². The third-order valence-electron chi connectivity index (χ3n) is 10.6. The molecule has 4 nitrogen and oxygen atoms in total. The van der Waals surface area contributed by atoms with E-state index in [2.05, 4.69) is 131 Å². The maximum absolute atomic E-state index is 5.37. The van der Waals surface area contributed by atoms with Gasteiger partial charge in [-0.25, -0.2) is 0 Å². The van der Waals surface area contributed by atoms with Gasteiger partial charge in [0.1, 0.15) is 0 Å². The van der Waals surface area contributed by atoms with E-state index < -0.39 is 0 Å². The molecule has 0 amide bonds. The molecule has 4 aromatic heterocycles. The van der Waals surface area contributed by atoms with Crippen molar-refractivity contribution >= 4 is 0 Å². The van der Waals surface area contributed by atoms with Gasteiger partial charge in [-0.2, -0.15) is 0 Å². The normalized spacial score (nSPS) is 17.6. The Hall–Kier alpha value is -5.14. The molecule has 1 fully saturated rings. The van der Waals surface area contributed by atoms with Gasteiger partial charge < -0.3 is 19.9 Å². The van der Waals surface area contributed by atoms with Crippen molar-refractivity contribution < 1.29 is 42.1 Å². The summed E-state index contributed by atoms with van der Waals surface area (Å²) < 4.78 is 0. The molecule has 0 radical (unpaired) electrons. The van der Waals surface area contributed by atoms with Gasteiger partial charge in [-0.3, -0.25) is 0 Å². The molecule has 1 saturated carbocycles. The largest absolute Gasteiger partial charge is 2.00 e. The number of hydrogen-bond acceptors (Lipinski definition) is 4. The zero-order valence-electron chi connectivity index (χ0n) is 30.3. The topological polar surface area (TPSA) is 51.6 Å². The number of pyridine rings is 4. The Labute approximate surface area is 358 Å². The molecule has 4 unspecified atom stereocenters. The molecule has 0 saturated heterocycles. The Bertz CT molecular complexity index is 2130. The van der Waals surface area contributed by atoms with Crippen molar-refractivity contribution in [2.24, 2.45) is 0 Å². The molecule has 276 valence electrons. The molecule has 0 spiro atoms. The monoisotopic (exact) mass is 1080 g/mol. The van der Waals surface area contributed by atoms with Crippen LogP contribution < -0.4 is 0 Å². The first-order valence-electron chi connectivity index (χ1n) is 18.5. The molecule has 0 N–H and O–H groups in total. The SMILES string of the molecule is [Pt+2].[Pt+2].[c-]1ccccc1-c1cccc(C2CC(c3[c-]c(-c4ccccn4)ccc3)C(c3[c-]c(-c4ccccn4)ccc3)CC2c2cccc(-c3[c-]cccc3)n2)n1. The maximum Gasteiger partial charge on any atom is 2.00 e. The number of rotatable bonds is 8. The molecule has 0 aliphatic heterocycles. The molecular formula is C50H36N4Pt2. The first-order chi connectivity index (χ1) is 26.8. The second-order valence-corrected chi connectivity index (χ2v) is 13.8. The molecule has 56 heavy (non-hydrogen) atoms. The molecular weight excluding hydrogens is 1050 g/mol. The zero-order valence-corrected chi connectivity index (χ0v) is 34.9. The number of aromatic nitrogens is 4. The quantitative estimate of drug-likeness (QED) is 0.142. The Balaban J connectivity index is 0.00000240. The van der Waals surface area contributed by atoms with E-state index in [0.717, 1.165) is 80.4 Å². The van der Waals surface area contributed by atoms with Crippen LogP contribution in [0.4, 0.5) is 0 Å². The van der Waals surface area contributed by atoms with Crippen molar-refractivity contribution in [1.29, 1.82) is 0 Å². The maximum atomic E-state index is 5.37. The van der Waals surface area contributed by atoms with E-state index in [9.17, 15) is 0 Å². The summed E-state index contributed by atoms with van der Waals surface area (Å²) >= 11 is 0. The minimum absolute atomic E-state index is 0. The van der Waals surface area contributed by atoms with Gasteiger partial charge in [-0.1, -0.05) is 48.5 Å². The van der Waals surface area contributed by atoms with Crippen LogP contribution in [0.5, 0.6) is 0 Å². The first-order valence-corrected chi connectivity index (χ1v) is 18.5. The number of benzene rings is 4. The van der Waals surface area contributed by atoms with E-state index in [1.807, 2.05) is 73.1 Å². The molecule has 9 rings (SSSR count). The van der Waals surface area contributed by atoms with E-state index in [0.29, 0.717) is 0 Å². The summed E-state index contributed by atoms with van der Waals surface area (Å²) in [6.45, 7) is 0. The van der Waals surface area contributed by atoms with Crippen molar-refractivity contribution in [3.63, 3.8) is 0 Å². The van der Waals surface area contributed by atoms with Crippen molar-refractivity contribution in [2.45, 2.75) is 36.5 Å². The molecule has 4 heterocycles. The molecule has 0 bridgehead atoms. The van der Waals surface area contributed by atoms with E-state index in [-0.39, 0.29) is 65.8 Å². The zero-order chi connectivity index (χ0) is 36.1. The standard InChI is InChI=1S/C50H36N4.2Pt/c1-3-15-35(16-4-1)47-25-13-27-49(53-47)43-33-41(37-19-11-21-39(31-37)45-23-7-9-29-51-45)42(38-20-12-22-40(32-38)46-24-8-10-30-52-46)34-44(43)50-28-14-26-48(54-50)36-17-5-2-6-18-36;;/h1-15,17,19-30,41-44H,33-34H2;;/q-4;2*+2. The molecule has 1 aliphatic carbocycles. The second kappa shape index (κ2) is 18.2. The molecule has 6 heteroatoms. The smallest absolute Gasteiger partial charge is 0.305 e. The van der Waals surface area contributed by atoms with Crippen LogP contribution in [0.15, 0.2) is 170 Å². The molecule has 4 aromatic carbocycles. The summed E-state index contributed by atoms with van der Waals surface area (Å²) in [5.41, 5.74) is 12.1. The van der Waals surface area contributed by atoms with Crippen molar-refractivity contribution in [2.75, 3.05) is 0 Å². The minimum Gasteiger partial charge on any atom is -0.305 e. The Kier molecular flexibility index (Phi) is 12.7. The Morgan fingerprint density at radius 3 is 1.20 bits per heavy atom. The average Bonchev–Trinajstić information content (AvgIpc) is 3.27. The summed E-state index contributed by atoms with van der Waals surface area (Å²) in [6.07, 6.45) is 5.37. The van der Waals surface area contributed by atoms with Gasteiger partial charge in [0.25, 0.3) is 0 Å². The fourth-order valence-corrected chi connectivity index (χ4v) is 8.02. The Morgan fingerprint density at radius 1 is 0.375 bits per heavy atom. The number of nitrogens with zero attached hydrogens (tertiary/aromatic N) is 4. The van der Waals surface area contributed by atoms with Crippen LogP contribution in [0.3, 0.4) is 0 Å². The van der Waals surface area contributed by atoms with Crippen LogP contribution in [-0.2, 0) is 42.1 Å². The summed E-state index contributed by atoms with van der Waals surface area (Å²) in [7, 11) is 0. The van der Waals surface area contributed by atoms with Crippen molar-refractivity contribution in [3.05, 3.63) is 217 Å². The second-order valence-electron chi connectivity index (χ2n) is 13.8. The van der Waals surface area contributed by atoms with Crippen molar-refractivity contribution in [1.82, 2.24) is 19.9 Å². The average molecular weight is 1080 g/mol. The van der Waals surface area contributed by atoms with Gasteiger partial charge >= 0.3 is 42.1 Å². The Morgan fingerprint density at radius 2 is 0.786 bits per heavy atom. The summed E-state index contributed by atoms with van der Waals surface area (Å²) in [6, 6.07) is 68.4. The van der Waals surface area contributed by atoms with Crippen LogP contribution in [0.25, 0.3) is 45.0 Å². The van der Waals surface area contributed by atoms with E-state index >= 15 is 0 Å². The minimum atomic E-state index is 0. The molecule has 1 aliphatic rings. The summed E-state index contributed by atoms with van der Waals surface area (Å²) in [5.74, 6) is 0.376. The number of hydrogen-bond donors (Lipinski definition) is 0. The van der Waals surface area contributed by atoms with Crippen LogP contribution in [-0.4, -0.2) is 19.9 Å². The fraction of sp³-hybridized carbons (Fsp3) is 0.120. The van der Waals surface area contributed by atoms with Crippen LogP contribution >= 0.6 is 0 Å². The van der Waals surface area contributed by atoms with Gasteiger partial charge in [-0.15, -0.1) is 143 Å². The molecule has 4 atom stereocenters. The first kappa shape index (κ1) is 39.1. The van der Waals surface area contributed by atoms with Gasteiger partial charge in [0.2, 0.25) is 0 Å². The van der Waals surface area contributed by atoms with Gasteiger partial charge in [0.15, 0.2) is 0 Å². The van der Waals surface area contributed by atoms with Crippen LogP contribution in [0.1, 0.15) is 59.0 Å². The van der Waals surface area contributed by atoms with Crippen LogP contribution in [0.2, 0.25) is 0 Å².